The van der Waals surface area contributed by atoms with E-state index in [0.29, 0.717) is 22.9 Å². The zero-order valence-corrected chi connectivity index (χ0v) is 16.8. The average Bonchev–Trinajstić information content (AvgIpc) is 3.28. The van der Waals surface area contributed by atoms with Gasteiger partial charge in [0.1, 0.15) is 6.04 Å². The Morgan fingerprint density at radius 3 is 2.77 bits per heavy atom. The minimum Gasteiger partial charge on any atom is -0.324 e. The van der Waals surface area contributed by atoms with E-state index in [1.165, 1.54) is 6.08 Å². The normalized spacial score (nSPS) is 16.0. The summed E-state index contributed by atoms with van der Waals surface area (Å²) in [4.78, 5) is 31.5. The highest BCUT2D eigenvalue weighted by Gasteiger charge is 2.33. The smallest absolute Gasteiger partial charge is 0.248 e. The van der Waals surface area contributed by atoms with E-state index in [-0.39, 0.29) is 11.8 Å². The maximum atomic E-state index is 12.8. The monoisotopic (exact) mass is 414 g/mol. The third kappa shape index (κ3) is 4.19. The Kier molecular flexibility index (Phi) is 5.77. The third-order valence-corrected chi connectivity index (χ3v) is 5.83. The van der Waals surface area contributed by atoms with Crippen LogP contribution in [-0.4, -0.2) is 39.4 Å². The van der Waals surface area contributed by atoms with E-state index in [1.807, 2.05) is 36.4 Å². The average molecular weight is 414 g/mol. The molecule has 0 saturated carbocycles. The van der Waals surface area contributed by atoms with E-state index in [9.17, 15) is 9.59 Å². The number of pyridine rings is 1. The molecule has 1 fully saturated rings. The van der Waals surface area contributed by atoms with Crippen molar-refractivity contribution >= 4 is 46.2 Å². The van der Waals surface area contributed by atoms with Gasteiger partial charge in [0.25, 0.3) is 0 Å². The van der Waals surface area contributed by atoms with Crippen molar-refractivity contribution in [3.8, 4) is 6.07 Å². The number of hydrogen-bond acceptors (Lipinski definition) is 5. The maximum absolute atomic E-state index is 12.8. The summed E-state index contributed by atoms with van der Waals surface area (Å²) in [5, 5.41) is 12.7. The van der Waals surface area contributed by atoms with Gasteiger partial charge >= 0.3 is 0 Å². The van der Waals surface area contributed by atoms with Crippen LogP contribution in [0.4, 0.5) is 5.69 Å². The molecular formula is C23H18N4O2S. The molecular weight excluding hydrogens is 396 g/mol. The van der Waals surface area contributed by atoms with Crippen molar-refractivity contribution in [2.75, 3.05) is 16.9 Å². The molecule has 148 valence electrons. The first-order valence-corrected chi connectivity index (χ1v) is 10.5. The summed E-state index contributed by atoms with van der Waals surface area (Å²) in [6.07, 6.45) is 4.97. The first-order valence-electron chi connectivity index (χ1n) is 9.37. The molecule has 1 aliphatic rings. The number of nitriles is 1. The lowest BCUT2D eigenvalue weighted by Gasteiger charge is -2.21. The Morgan fingerprint density at radius 2 is 1.97 bits per heavy atom. The molecule has 2 amide bonds. The van der Waals surface area contributed by atoms with Gasteiger partial charge in [0.2, 0.25) is 11.8 Å². The molecule has 2 aromatic carbocycles. The van der Waals surface area contributed by atoms with E-state index < -0.39 is 6.04 Å². The zero-order chi connectivity index (χ0) is 20.9. The van der Waals surface area contributed by atoms with Crippen molar-refractivity contribution in [1.29, 1.82) is 5.26 Å². The lowest BCUT2D eigenvalue weighted by Crippen LogP contribution is -2.43. The number of para-hydroxylation sites is 1. The van der Waals surface area contributed by atoms with E-state index in [4.69, 9.17) is 5.26 Å². The quantitative estimate of drug-likeness (QED) is 0.659. The minimum atomic E-state index is -0.548. The molecule has 7 heteroatoms. The Bertz CT molecular complexity index is 1160. The molecule has 0 bridgehead atoms. The number of anilines is 1. The van der Waals surface area contributed by atoms with Gasteiger partial charge in [0, 0.05) is 34.7 Å². The molecule has 0 spiro atoms. The van der Waals surface area contributed by atoms with Gasteiger partial charge in [-0.25, -0.2) is 0 Å². The molecule has 6 nitrogen and oxygen atoms in total. The van der Waals surface area contributed by atoms with Crippen LogP contribution >= 0.6 is 11.8 Å². The van der Waals surface area contributed by atoms with Crippen molar-refractivity contribution in [2.45, 2.75) is 6.04 Å². The Hall–Kier alpha value is -3.63. The molecule has 1 aliphatic heterocycles. The van der Waals surface area contributed by atoms with E-state index in [0.717, 1.165) is 16.5 Å². The number of thioether (sulfide) groups is 1. The highest BCUT2D eigenvalue weighted by Crippen LogP contribution is 2.24. The van der Waals surface area contributed by atoms with Crippen molar-refractivity contribution in [3.05, 3.63) is 78.0 Å². The van der Waals surface area contributed by atoms with Gasteiger partial charge in [0.15, 0.2) is 0 Å². The number of benzene rings is 2. The summed E-state index contributed by atoms with van der Waals surface area (Å²) in [5.41, 5.74) is 2.80. The molecule has 4 rings (SSSR count). The SMILES string of the molecule is N#Cc1ccc(NC(=O)C2CSCN2C(=O)/C=C/c2cccc3cccnc23)cc1. The van der Waals surface area contributed by atoms with Gasteiger partial charge < -0.3 is 10.2 Å². The molecule has 30 heavy (non-hydrogen) atoms. The largest absolute Gasteiger partial charge is 0.324 e. The van der Waals surface area contributed by atoms with Crippen LogP contribution in [0.15, 0.2) is 66.9 Å². The van der Waals surface area contributed by atoms with Crippen molar-refractivity contribution in [2.24, 2.45) is 0 Å². The zero-order valence-electron chi connectivity index (χ0n) is 16.0. The number of carbonyl (C=O) groups is 2. The van der Waals surface area contributed by atoms with E-state index in [2.05, 4.69) is 10.3 Å². The Balaban J connectivity index is 1.47. The Labute approximate surface area is 178 Å². The fourth-order valence-electron chi connectivity index (χ4n) is 3.25. The third-order valence-electron chi connectivity index (χ3n) is 4.82. The predicted molar refractivity (Wildman–Crippen MR) is 119 cm³/mol. The number of hydrogen-bond donors (Lipinski definition) is 1. The molecule has 3 aromatic rings. The van der Waals surface area contributed by atoms with Crippen molar-refractivity contribution in [1.82, 2.24) is 9.88 Å². The van der Waals surface area contributed by atoms with Gasteiger partial charge in [-0.1, -0.05) is 24.3 Å². The first-order chi connectivity index (χ1) is 14.7. The van der Waals surface area contributed by atoms with E-state index >= 15 is 0 Å². The second-order valence-electron chi connectivity index (χ2n) is 6.76. The second-order valence-corrected chi connectivity index (χ2v) is 7.76. The number of nitrogens with one attached hydrogen (secondary N) is 1. The number of carbonyl (C=O) groups excluding carboxylic acids is 2. The fraction of sp³-hybridized carbons (Fsp3) is 0.130. The molecule has 1 aromatic heterocycles. The summed E-state index contributed by atoms with van der Waals surface area (Å²) in [6, 6.07) is 17.8. The summed E-state index contributed by atoms with van der Waals surface area (Å²) < 4.78 is 0. The minimum absolute atomic E-state index is 0.215. The lowest BCUT2D eigenvalue weighted by molar-refractivity contribution is -0.132. The van der Waals surface area contributed by atoms with Crippen LogP contribution in [0.3, 0.4) is 0 Å². The van der Waals surface area contributed by atoms with Crippen molar-refractivity contribution in [3.63, 3.8) is 0 Å². The number of aromatic nitrogens is 1. The molecule has 1 saturated heterocycles. The Morgan fingerprint density at radius 1 is 1.17 bits per heavy atom. The molecule has 1 unspecified atom stereocenters. The highest BCUT2D eigenvalue weighted by molar-refractivity contribution is 7.99. The van der Waals surface area contributed by atoms with Gasteiger partial charge in [-0.15, -0.1) is 11.8 Å². The van der Waals surface area contributed by atoms with Crippen LogP contribution in [-0.2, 0) is 9.59 Å². The summed E-state index contributed by atoms with van der Waals surface area (Å²) in [7, 11) is 0. The summed E-state index contributed by atoms with van der Waals surface area (Å²) in [5.74, 6) is 0.547. The van der Waals surface area contributed by atoms with Crippen LogP contribution in [0.5, 0.6) is 0 Å². The van der Waals surface area contributed by atoms with Crippen molar-refractivity contribution < 1.29 is 9.59 Å². The summed E-state index contributed by atoms with van der Waals surface area (Å²) in [6.45, 7) is 0. The standard InChI is InChI=1S/C23H18N4O2S/c24-13-16-6-9-19(10-7-16)26-23(29)20-14-30-15-27(20)21(28)11-8-18-4-1-3-17-5-2-12-25-22(17)18/h1-12,20H,14-15H2,(H,26,29)/b11-8+. The molecule has 0 aliphatic carbocycles. The van der Waals surface area contributed by atoms with Gasteiger partial charge in [-0.3, -0.25) is 14.6 Å². The molecule has 1 atom stereocenters. The van der Waals surface area contributed by atoms with Crippen LogP contribution in [0.2, 0.25) is 0 Å². The predicted octanol–water partition coefficient (Wildman–Crippen LogP) is 3.66. The van der Waals surface area contributed by atoms with Gasteiger partial charge in [-0.2, -0.15) is 5.26 Å². The highest BCUT2D eigenvalue weighted by atomic mass is 32.2. The number of amides is 2. The lowest BCUT2D eigenvalue weighted by atomic mass is 10.1. The molecule has 0 radical (unpaired) electrons. The van der Waals surface area contributed by atoms with Crippen LogP contribution in [0, 0.1) is 11.3 Å². The first kappa shape index (κ1) is 19.7. The van der Waals surface area contributed by atoms with Crippen LogP contribution < -0.4 is 5.32 Å². The van der Waals surface area contributed by atoms with Crippen LogP contribution in [0.1, 0.15) is 11.1 Å². The topological polar surface area (TPSA) is 86.1 Å². The number of nitrogens with zero attached hydrogens (tertiary/aromatic N) is 3. The maximum Gasteiger partial charge on any atom is 0.248 e. The summed E-state index contributed by atoms with van der Waals surface area (Å²) >= 11 is 1.54. The second kappa shape index (κ2) is 8.80. The van der Waals surface area contributed by atoms with Crippen LogP contribution in [0.25, 0.3) is 17.0 Å². The number of rotatable bonds is 4. The fourth-order valence-corrected chi connectivity index (χ4v) is 4.41. The molecule has 2 heterocycles. The number of fused-ring (bicyclic) bond motifs is 1. The van der Waals surface area contributed by atoms with E-state index in [1.54, 1.807) is 53.2 Å². The molecule has 1 N–H and O–H groups in total. The van der Waals surface area contributed by atoms with Gasteiger partial charge in [0.05, 0.1) is 23.0 Å². The van der Waals surface area contributed by atoms with Gasteiger partial charge in [-0.05, 0) is 36.4 Å².